The molecular weight excluding hydrogens is 258 g/mol. The van der Waals surface area contributed by atoms with E-state index in [1.54, 1.807) is 6.07 Å². The van der Waals surface area contributed by atoms with E-state index in [0.717, 1.165) is 25.9 Å². The van der Waals surface area contributed by atoms with Gasteiger partial charge in [0.05, 0.1) is 12.8 Å². The van der Waals surface area contributed by atoms with Crippen LogP contribution in [-0.4, -0.2) is 49.4 Å². The number of carbonyl (C=O) groups is 2. The average Bonchev–Trinajstić information content (AvgIpc) is 2.95. The number of nitrogens with zero attached hydrogens (tertiary/aromatic N) is 1. The van der Waals surface area contributed by atoms with Crippen LogP contribution in [0, 0.1) is 0 Å². The van der Waals surface area contributed by atoms with Gasteiger partial charge >= 0.3 is 0 Å². The maximum absolute atomic E-state index is 11.9. The number of likely N-dealkylation sites (N-methyl/N-ethyl adjacent to an activating group) is 1. The van der Waals surface area contributed by atoms with Gasteiger partial charge in [-0.25, -0.2) is 0 Å². The molecule has 1 aromatic rings. The zero-order chi connectivity index (χ0) is 14.4. The van der Waals surface area contributed by atoms with Crippen molar-refractivity contribution in [2.24, 2.45) is 0 Å². The van der Waals surface area contributed by atoms with E-state index in [1.807, 2.05) is 7.05 Å². The molecule has 0 aliphatic carbocycles. The number of furan rings is 1. The lowest BCUT2D eigenvalue weighted by Crippen LogP contribution is -2.49. The second-order valence-electron chi connectivity index (χ2n) is 5.03. The van der Waals surface area contributed by atoms with E-state index in [4.69, 9.17) is 4.42 Å². The van der Waals surface area contributed by atoms with E-state index >= 15 is 0 Å². The molecule has 1 saturated heterocycles. The van der Waals surface area contributed by atoms with Gasteiger partial charge in [-0.05, 0) is 38.6 Å². The summed E-state index contributed by atoms with van der Waals surface area (Å²) in [6, 6.07) is 3.51. The van der Waals surface area contributed by atoms with E-state index in [-0.39, 0.29) is 18.2 Å². The summed E-state index contributed by atoms with van der Waals surface area (Å²) in [7, 11) is 1.91. The molecule has 0 aromatic carbocycles. The van der Waals surface area contributed by atoms with Crippen LogP contribution in [0.15, 0.2) is 22.8 Å². The molecule has 6 heteroatoms. The highest BCUT2D eigenvalue weighted by atomic mass is 16.3. The normalized spacial score (nSPS) is 19.8. The van der Waals surface area contributed by atoms with Crippen molar-refractivity contribution >= 4 is 11.8 Å². The summed E-state index contributed by atoms with van der Waals surface area (Å²) < 4.78 is 4.96. The SMILES string of the molecule is CNCC1CCCCN1CC(=O)NC(=O)c1ccco1. The van der Waals surface area contributed by atoms with E-state index < -0.39 is 5.91 Å². The molecule has 2 rings (SSSR count). The number of nitrogens with one attached hydrogen (secondary N) is 2. The van der Waals surface area contributed by atoms with Crippen LogP contribution in [0.3, 0.4) is 0 Å². The number of piperidine rings is 1. The minimum absolute atomic E-state index is 0.156. The summed E-state index contributed by atoms with van der Waals surface area (Å²) >= 11 is 0. The summed E-state index contributed by atoms with van der Waals surface area (Å²) in [6.07, 6.45) is 4.78. The van der Waals surface area contributed by atoms with Crippen LogP contribution in [0.25, 0.3) is 0 Å². The molecule has 1 fully saturated rings. The van der Waals surface area contributed by atoms with Crippen molar-refractivity contribution in [2.45, 2.75) is 25.3 Å². The molecule has 2 N–H and O–H groups in total. The van der Waals surface area contributed by atoms with Gasteiger partial charge in [0.25, 0.3) is 5.91 Å². The molecule has 6 nitrogen and oxygen atoms in total. The molecule has 1 atom stereocenters. The Morgan fingerprint density at radius 1 is 1.45 bits per heavy atom. The van der Waals surface area contributed by atoms with Crippen molar-refractivity contribution in [1.82, 2.24) is 15.5 Å². The quantitative estimate of drug-likeness (QED) is 0.826. The van der Waals surface area contributed by atoms with Crippen LogP contribution in [0.1, 0.15) is 29.8 Å². The topological polar surface area (TPSA) is 74.6 Å². The monoisotopic (exact) mass is 279 g/mol. The first kappa shape index (κ1) is 14.7. The van der Waals surface area contributed by atoms with Gasteiger partial charge in [0.2, 0.25) is 5.91 Å². The Kier molecular flexibility index (Phi) is 5.31. The van der Waals surface area contributed by atoms with E-state index in [9.17, 15) is 9.59 Å². The number of rotatable bonds is 5. The number of hydrogen-bond acceptors (Lipinski definition) is 5. The Balaban J connectivity index is 1.85. The number of carbonyl (C=O) groups excluding carboxylic acids is 2. The van der Waals surface area contributed by atoms with Crippen molar-refractivity contribution < 1.29 is 14.0 Å². The molecule has 1 aliphatic rings. The van der Waals surface area contributed by atoms with Crippen LogP contribution in [-0.2, 0) is 4.79 Å². The Labute approximate surface area is 118 Å². The highest BCUT2D eigenvalue weighted by Gasteiger charge is 2.24. The fourth-order valence-corrected chi connectivity index (χ4v) is 2.55. The molecule has 1 unspecified atom stereocenters. The second kappa shape index (κ2) is 7.21. The van der Waals surface area contributed by atoms with Gasteiger partial charge in [-0.15, -0.1) is 0 Å². The highest BCUT2D eigenvalue weighted by Crippen LogP contribution is 2.15. The van der Waals surface area contributed by atoms with Crippen LogP contribution >= 0.6 is 0 Å². The molecule has 0 radical (unpaired) electrons. The Morgan fingerprint density at radius 2 is 2.30 bits per heavy atom. The van der Waals surface area contributed by atoms with Crippen molar-refractivity contribution in [3.8, 4) is 0 Å². The van der Waals surface area contributed by atoms with Crippen LogP contribution < -0.4 is 10.6 Å². The summed E-state index contributed by atoms with van der Waals surface area (Å²) in [5, 5.41) is 5.51. The standard InChI is InChI=1S/C14H21N3O3/c1-15-9-11-5-2-3-7-17(11)10-13(18)16-14(19)12-6-4-8-20-12/h4,6,8,11,15H,2-3,5,7,9-10H2,1H3,(H,16,18,19). The highest BCUT2D eigenvalue weighted by molar-refractivity contribution is 6.03. The lowest BCUT2D eigenvalue weighted by molar-refractivity contribution is -0.122. The first-order chi connectivity index (χ1) is 9.70. The molecule has 2 amide bonds. The largest absolute Gasteiger partial charge is 0.459 e. The predicted molar refractivity (Wildman–Crippen MR) is 74.3 cm³/mol. The van der Waals surface area contributed by atoms with Gasteiger partial charge in [-0.2, -0.15) is 0 Å². The number of amides is 2. The number of likely N-dealkylation sites (tertiary alicyclic amines) is 1. The van der Waals surface area contributed by atoms with Gasteiger partial charge < -0.3 is 9.73 Å². The van der Waals surface area contributed by atoms with E-state index in [1.165, 1.54) is 18.8 Å². The molecule has 0 spiro atoms. The Morgan fingerprint density at radius 3 is 3.00 bits per heavy atom. The second-order valence-corrected chi connectivity index (χ2v) is 5.03. The first-order valence-corrected chi connectivity index (χ1v) is 6.97. The first-order valence-electron chi connectivity index (χ1n) is 6.97. The summed E-state index contributed by atoms with van der Waals surface area (Å²) in [5.74, 6) is -0.611. The number of imide groups is 1. The third-order valence-electron chi connectivity index (χ3n) is 3.53. The molecule has 0 saturated carbocycles. The third-order valence-corrected chi connectivity index (χ3v) is 3.53. The van der Waals surface area contributed by atoms with Gasteiger partial charge in [0.15, 0.2) is 5.76 Å². The van der Waals surface area contributed by atoms with Gasteiger partial charge in [0, 0.05) is 12.6 Å². The maximum Gasteiger partial charge on any atom is 0.293 e. The van der Waals surface area contributed by atoms with Crippen molar-refractivity contribution in [2.75, 3.05) is 26.7 Å². The predicted octanol–water partition coefficient (Wildman–Crippen LogP) is 0.610. The molecule has 1 aliphatic heterocycles. The van der Waals surface area contributed by atoms with Gasteiger partial charge in [-0.1, -0.05) is 6.42 Å². The molecule has 110 valence electrons. The average molecular weight is 279 g/mol. The summed E-state index contributed by atoms with van der Waals surface area (Å²) in [4.78, 5) is 25.8. The minimum Gasteiger partial charge on any atom is -0.459 e. The van der Waals surface area contributed by atoms with Crippen LogP contribution in [0.4, 0.5) is 0 Å². The fourth-order valence-electron chi connectivity index (χ4n) is 2.55. The Bertz CT molecular complexity index is 443. The molecule has 1 aromatic heterocycles. The smallest absolute Gasteiger partial charge is 0.293 e. The summed E-state index contributed by atoms with van der Waals surface area (Å²) in [5.41, 5.74) is 0. The molecule has 2 heterocycles. The van der Waals surface area contributed by atoms with Gasteiger partial charge in [-0.3, -0.25) is 19.8 Å². The summed E-state index contributed by atoms with van der Waals surface area (Å²) in [6.45, 7) is 2.01. The minimum atomic E-state index is -0.484. The molecular formula is C14H21N3O3. The van der Waals surface area contributed by atoms with Crippen LogP contribution in [0.2, 0.25) is 0 Å². The van der Waals surface area contributed by atoms with E-state index in [2.05, 4.69) is 15.5 Å². The maximum atomic E-state index is 11.9. The van der Waals surface area contributed by atoms with E-state index in [0.29, 0.717) is 6.04 Å². The third kappa shape index (κ3) is 3.91. The van der Waals surface area contributed by atoms with Crippen molar-refractivity contribution in [1.29, 1.82) is 0 Å². The molecule has 20 heavy (non-hydrogen) atoms. The number of hydrogen-bond donors (Lipinski definition) is 2. The fraction of sp³-hybridized carbons (Fsp3) is 0.571. The van der Waals surface area contributed by atoms with Gasteiger partial charge in [0.1, 0.15) is 0 Å². The van der Waals surface area contributed by atoms with Crippen molar-refractivity contribution in [3.63, 3.8) is 0 Å². The lowest BCUT2D eigenvalue weighted by Gasteiger charge is -2.34. The zero-order valence-corrected chi connectivity index (χ0v) is 11.7. The van der Waals surface area contributed by atoms with Crippen molar-refractivity contribution in [3.05, 3.63) is 24.2 Å². The lowest BCUT2D eigenvalue weighted by atomic mass is 10.0. The van der Waals surface area contributed by atoms with Crippen LogP contribution in [0.5, 0.6) is 0 Å². The molecule has 0 bridgehead atoms. The Hall–Kier alpha value is -1.66. The zero-order valence-electron chi connectivity index (χ0n) is 11.7.